The largest absolute Gasteiger partial charge is 0.397 e. The minimum Gasteiger partial charge on any atom is -0.397 e. The Labute approximate surface area is 133 Å². The second-order valence-electron chi connectivity index (χ2n) is 4.51. The summed E-state index contributed by atoms with van der Waals surface area (Å²) in [6, 6.07) is 6.87. The Morgan fingerprint density at radius 2 is 2.14 bits per heavy atom. The van der Waals surface area contributed by atoms with Gasteiger partial charge in [0.15, 0.2) is 0 Å². The molecule has 0 aliphatic heterocycles. The Hall–Kier alpha value is -1.78. The number of halogens is 2. The van der Waals surface area contributed by atoms with E-state index in [0.29, 0.717) is 12.1 Å². The first-order chi connectivity index (χ1) is 10.0. The van der Waals surface area contributed by atoms with Crippen LogP contribution in [0.4, 0.5) is 5.69 Å². The number of carbonyl (C=O) groups is 1. The van der Waals surface area contributed by atoms with Gasteiger partial charge in [-0.25, -0.2) is 0 Å². The molecule has 1 heterocycles. The highest BCUT2D eigenvalue weighted by Gasteiger charge is 2.12. The number of aromatic nitrogens is 1. The predicted octanol–water partition coefficient (Wildman–Crippen LogP) is 3.46. The lowest BCUT2D eigenvalue weighted by molar-refractivity contribution is 0.0950. The molecular weight excluding hydrogens is 309 g/mol. The smallest absolute Gasteiger partial charge is 0.251 e. The maximum absolute atomic E-state index is 12.1. The predicted molar refractivity (Wildman–Crippen MR) is 85.7 cm³/mol. The standard InChI is InChI=1S/C15H15Cl2N3O/c1-2-9-4-3-5-19-13(9)8-20-15(21)10-6-11(16)14(17)12(18)7-10/h3-7H,2,8,18H2,1H3,(H,20,21). The monoisotopic (exact) mass is 323 g/mol. The van der Waals surface area contributed by atoms with E-state index < -0.39 is 0 Å². The van der Waals surface area contributed by atoms with Gasteiger partial charge in [0.25, 0.3) is 5.91 Å². The average molecular weight is 324 g/mol. The molecule has 0 bridgehead atoms. The maximum atomic E-state index is 12.1. The van der Waals surface area contributed by atoms with Crippen LogP contribution in [0.15, 0.2) is 30.5 Å². The number of anilines is 1. The second-order valence-corrected chi connectivity index (χ2v) is 5.29. The summed E-state index contributed by atoms with van der Waals surface area (Å²) in [7, 11) is 0. The van der Waals surface area contributed by atoms with Crippen LogP contribution in [0.25, 0.3) is 0 Å². The van der Waals surface area contributed by atoms with Gasteiger partial charge in [-0.2, -0.15) is 0 Å². The molecule has 0 radical (unpaired) electrons. The summed E-state index contributed by atoms with van der Waals surface area (Å²) in [5, 5.41) is 3.32. The first-order valence-electron chi connectivity index (χ1n) is 6.48. The van der Waals surface area contributed by atoms with Gasteiger partial charge >= 0.3 is 0 Å². The van der Waals surface area contributed by atoms with E-state index in [0.717, 1.165) is 17.7 Å². The molecule has 0 aliphatic carbocycles. The Morgan fingerprint density at radius 1 is 1.38 bits per heavy atom. The molecular formula is C15H15Cl2N3O. The quantitative estimate of drug-likeness (QED) is 0.846. The van der Waals surface area contributed by atoms with E-state index in [1.807, 2.05) is 19.1 Å². The van der Waals surface area contributed by atoms with E-state index >= 15 is 0 Å². The summed E-state index contributed by atoms with van der Waals surface area (Å²) in [6.07, 6.45) is 2.57. The number of nitrogen functional groups attached to an aromatic ring is 1. The van der Waals surface area contributed by atoms with Crippen molar-refractivity contribution in [3.63, 3.8) is 0 Å². The van der Waals surface area contributed by atoms with Gasteiger partial charge in [0.05, 0.1) is 28.0 Å². The van der Waals surface area contributed by atoms with Gasteiger partial charge in [0, 0.05) is 11.8 Å². The molecule has 1 aromatic carbocycles. The number of nitrogens with zero attached hydrogens (tertiary/aromatic N) is 1. The zero-order chi connectivity index (χ0) is 15.4. The molecule has 1 amide bonds. The highest BCUT2D eigenvalue weighted by Crippen LogP contribution is 2.29. The molecule has 6 heteroatoms. The Balaban J connectivity index is 2.12. The van der Waals surface area contributed by atoms with Gasteiger partial charge in [-0.3, -0.25) is 9.78 Å². The van der Waals surface area contributed by atoms with E-state index in [9.17, 15) is 4.79 Å². The zero-order valence-electron chi connectivity index (χ0n) is 11.5. The number of carbonyl (C=O) groups excluding carboxylic acids is 1. The van der Waals surface area contributed by atoms with E-state index in [1.165, 1.54) is 12.1 Å². The van der Waals surface area contributed by atoms with Crippen molar-refractivity contribution in [3.8, 4) is 0 Å². The van der Waals surface area contributed by atoms with Gasteiger partial charge in [-0.15, -0.1) is 0 Å². The lowest BCUT2D eigenvalue weighted by atomic mass is 10.1. The number of aryl methyl sites for hydroxylation is 1. The van der Waals surface area contributed by atoms with Crippen LogP contribution >= 0.6 is 23.2 Å². The van der Waals surface area contributed by atoms with E-state index in [4.69, 9.17) is 28.9 Å². The third kappa shape index (κ3) is 3.65. The van der Waals surface area contributed by atoms with Crippen LogP contribution in [-0.2, 0) is 13.0 Å². The highest BCUT2D eigenvalue weighted by molar-refractivity contribution is 6.43. The van der Waals surface area contributed by atoms with Crippen molar-refractivity contribution in [1.82, 2.24) is 10.3 Å². The van der Waals surface area contributed by atoms with Gasteiger partial charge < -0.3 is 11.1 Å². The summed E-state index contributed by atoms with van der Waals surface area (Å²) in [5.41, 5.74) is 8.31. The van der Waals surface area contributed by atoms with Crippen molar-refractivity contribution in [3.05, 3.63) is 57.3 Å². The average Bonchev–Trinajstić information content (AvgIpc) is 2.49. The number of nitrogens with one attached hydrogen (secondary N) is 1. The molecule has 2 aromatic rings. The van der Waals surface area contributed by atoms with Crippen molar-refractivity contribution >= 4 is 34.8 Å². The van der Waals surface area contributed by atoms with E-state index in [-0.39, 0.29) is 21.6 Å². The van der Waals surface area contributed by atoms with Crippen LogP contribution in [-0.4, -0.2) is 10.9 Å². The van der Waals surface area contributed by atoms with Crippen LogP contribution in [0, 0.1) is 0 Å². The fourth-order valence-electron chi connectivity index (χ4n) is 1.96. The van der Waals surface area contributed by atoms with Crippen molar-refractivity contribution in [2.24, 2.45) is 0 Å². The normalized spacial score (nSPS) is 10.4. The van der Waals surface area contributed by atoms with Gasteiger partial charge in [-0.1, -0.05) is 36.2 Å². The van der Waals surface area contributed by atoms with Gasteiger partial charge in [-0.05, 0) is 30.2 Å². The van der Waals surface area contributed by atoms with Gasteiger partial charge in [0.2, 0.25) is 0 Å². The van der Waals surface area contributed by atoms with Crippen LogP contribution in [0.1, 0.15) is 28.5 Å². The third-order valence-corrected chi connectivity index (χ3v) is 3.92. The minimum atomic E-state index is -0.270. The topological polar surface area (TPSA) is 68.0 Å². The SMILES string of the molecule is CCc1cccnc1CNC(=O)c1cc(N)c(Cl)c(Cl)c1. The fourth-order valence-corrected chi connectivity index (χ4v) is 2.30. The van der Waals surface area contributed by atoms with Crippen molar-refractivity contribution in [2.75, 3.05) is 5.73 Å². The molecule has 110 valence electrons. The molecule has 0 saturated carbocycles. The maximum Gasteiger partial charge on any atom is 0.251 e. The molecule has 3 N–H and O–H groups in total. The lowest BCUT2D eigenvalue weighted by Crippen LogP contribution is -2.24. The zero-order valence-corrected chi connectivity index (χ0v) is 13.0. The van der Waals surface area contributed by atoms with Crippen molar-refractivity contribution in [2.45, 2.75) is 19.9 Å². The molecule has 1 aromatic heterocycles. The Morgan fingerprint density at radius 3 is 2.81 bits per heavy atom. The molecule has 4 nitrogen and oxygen atoms in total. The van der Waals surface area contributed by atoms with Crippen molar-refractivity contribution in [1.29, 1.82) is 0 Å². The summed E-state index contributed by atoms with van der Waals surface area (Å²) in [4.78, 5) is 16.4. The number of pyridine rings is 1. The summed E-state index contributed by atoms with van der Waals surface area (Å²) < 4.78 is 0. The molecule has 0 fully saturated rings. The van der Waals surface area contributed by atoms with Crippen LogP contribution in [0.3, 0.4) is 0 Å². The number of hydrogen-bond acceptors (Lipinski definition) is 3. The Kier molecular flexibility index (Phi) is 5.04. The molecule has 21 heavy (non-hydrogen) atoms. The molecule has 0 saturated heterocycles. The van der Waals surface area contributed by atoms with Crippen molar-refractivity contribution < 1.29 is 4.79 Å². The molecule has 0 aliphatic rings. The number of benzene rings is 1. The molecule has 0 spiro atoms. The lowest BCUT2D eigenvalue weighted by Gasteiger charge is -2.09. The summed E-state index contributed by atoms with van der Waals surface area (Å²) in [5.74, 6) is -0.270. The highest BCUT2D eigenvalue weighted by atomic mass is 35.5. The summed E-state index contributed by atoms with van der Waals surface area (Å²) in [6.45, 7) is 2.39. The van der Waals surface area contributed by atoms with Crippen LogP contribution in [0.2, 0.25) is 10.0 Å². The first-order valence-corrected chi connectivity index (χ1v) is 7.24. The number of rotatable bonds is 4. The molecule has 0 unspecified atom stereocenters. The molecule has 0 atom stereocenters. The fraction of sp³-hybridized carbons (Fsp3) is 0.200. The second kappa shape index (κ2) is 6.78. The summed E-state index contributed by atoms with van der Waals surface area (Å²) >= 11 is 11.8. The third-order valence-electron chi connectivity index (χ3n) is 3.10. The Bertz CT molecular complexity index is 651. The minimum absolute atomic E-state index is 0.256. The van der Waals surface area contributed by atoms with Gasteiger partial charge in [0.1, 0.15) is 0 Å². The number of hydrogen-bond donors (Lipinski definition) is 2. The number of nitrogens with two attached hydrogens (primary N) is 1. The van der Waals surface area contributed by atoms with E-state index in [2.05, 4.69) is 10.3 Å². The van der Waals surface area contributed by atoms with Crippen LogP contribution < -0.4 is 11.1 Å². The van der Waals surface area contributed by atoms with E-state index in [1.54, 1.807) is 6.20 Å². The number of amides is 1. The van der Waals surface area contributed by atoms with Crippen LogP contribution in [0.5, 0.6) is 0 Å². The molecule has 2 rings (SSSR count). The first kappa shape index (κ1) is 15.6.